The molecular weight excluding hydrogens is 334 g/mol. The summed E-state index contributed by atoms with van der Waals surface area (Å²) in [5.41, 5.74) is 5.51. The molecule has 3 nitrogen and oxygen atoms in total. The van der Waals surface area contributed by atoms with Crippen LogP contribution in [0.5, 0.6) is 11.5 Å². The van der Waals surface area contributed by atoms with E-state index in [4.69, 9.17) is 9.47 Å². The van der Waals surface area contributed by atoms with Gasteiger partial charge in [-0.15, -0.1) is 0 Å². The van der Waals surface area contributed by atoms with E-state index in [2.05, 4.69) is 61.6 Å². The van der Waals surface area contributed by atoms with Crippen LogP contribution in [0, 0.1) is 0 Å². The minimum atomic E-state index is 0.0622. The summed E-state index contributed by atoms with van der Waals surface area (Å²) in [4.78, 5) is 0. The summed E-state index contributed by atoms with van der Waals surface area (Å²) in [5, 5.41) is 3.49. The molecule has 0 saturated heterocycles. The van der Waals surface area contributed by atoms with Gasteiger partial charge in [0.15, 0.2) is 11.5 Å². The highest BCUT2D eigenvalue weighted by molar-refractivity contribution is 5.67. The largest absolute Gasteiger partial charge is 0.488 e. The molecule has 27 heavy (non-hydrogen) atoms. The van der Waals surface area contributed by atoms with Gasteiger partial charge in [-0.05, 0) is 42.0 Å². The average Bonchev–Trinajstić information content (AvgIpc) is 3.31. The van der Waals surface area contributed by atoms with Crippen LogP contribution >= 0.6 is 0 Å². The molecule has 0 spiro atoms. The fourth-order valence-corrected chi connectivity index (χ4v) is 3.92. The third-order valence-electron chi connectivity index (χ3n) is 5.49. The molecule has 1 aliphatic carbocycles. The van der Waals surface area contributed by atoms with Gasteiger partial charge in [0.05, 0.1) is 6.61 Å². The molecular formula is C24H29NO2. The third kappa shape index (κ3) is 4.03. The summed E-state index contributed by atoms with van der Waals surface area (Å²) in [7, 11) is 0. The molecule has 0 amide bonds. The van der Waals surface area contributed by atoms with Gasteiger partial charge in [-0.2, -0.15) is 0 Å². The standard InChI is InChI=1S/C24H29NO2/c1-24(2)17-27-23-21(24)11-6-12-22(23)26-14-13-25-16-18-7-5-10-20(15-18)19-8-3-4-9-19/h5-8,10-12,15,25H,3-4,9,13-14,16-17H2,1-2H3. The Hall–Kier alpha value is -2.26. The van der Waals surface area contributed by atoms with Gasteiger partial charge in [-0.3, -0.25) is 0 Å². The van der Waals surface area contributed by atoms with Gasteiger partial charge in [-0.25, -0.2) is 0 Å². The first-order chi connectivity index (χ1) is 13.1. The highest BCUT2D eigenvalue weighted by atomic mass is 16.5. The summed E-state index contributed by atoms with van der Waals surface area (Å²) in [6.07, 6.45) is 6.10. The van der Waals surface area contributed by atoms with E-state index in [-0.39, 0.29) is 5.41 Å². The predicted molar refractivity (Wildman–Crippen MR) is 110 cm³/mol. The van der Waals surface area contributed by atoms with Gasteiger partial charge in [0, 0.05) is 24.1 Å². The van der Waals surface area contributed by atoms with Crippen molar-refractivity contribution in [3.8, 4) is 11.5 Å². The smallest absolute Gasteiger partial charge is 0.165 e. The van der Waals surface area contributed by atoms with Crippen molar-refractivity contribution in [1.29, 1.82) is 0 Å². The van der Waals surface area contributed by atoms with E-state index in [9.17, 15) is 0 Å². The highest BCUT2D eigenvalue weighted by Crippen LogP contribution is 2.44. The Morgan fingerprint density at radius 1 is 1.15 bits per heavy atom. The molecule has 0 bridgehead atoms. The molecule has 0 atom stereocenters. The Kier molecular flexibility index (Phi) is 5.22. The summed E-state index contributed by atoms with van der Waals surface area (Å²) >= 11 is 0. The van der Waals surface area contributed by atoms with Crippen LogP contribution in [0.15, 0.2) is 48.5 Å². The van der Waals surface area contributed by atoms with Crippen LogP contribution < -0.4 is 14.8 Å². The van der Waals surface area contributed by atoms with Gasteiger partial charge in [0.1, 0.15) is 6.61 Å². The zero-order valence-electron chi connectivity index (χ0n) is 16.4. The number of nitrogens with one attached hydrogen (secondary N) is 1. The van der Waals surface area contributed by atoms with Gasteiger partial charge in [0.25, 0.3) is 0 Å². The summed E-state index contributed by atoms with van der Waals surface area (Å²) in [5.74, 6) is 1.77. The van der Waals surface area contributed by atoms with E-state index in [1.165, 1.54) is 41.5 Å². The van der Waals surface area contributed by atoms with Gasteiger partial charge in [-0.1, -0.05) is 56.3 Å². The Bertz CT molecular complexity index is 838. The molecule has 3 heteroatoms. The Morgan fingerprint density at radius 3 is 2.89 bits per heavy atom. The lowest BCUT2D eigenvalue weighted by Gasteiger charge is -2.15. The van der Waals surface area contributed by atoms with E-state index >= 15 is 0 Å². The molecule has 2 aromatic carbocycles. The minimum Gasteiger partial charge on any atom is -0.488 e. The van der Waals surface area contributed by atoms with Crippen molar-refractivity contribution in [2.75, 3.05) is 19.8 Å². The monoisotopic (exact) mass is 363 g/mol. The van der Waals surface area contributed by atoms with Crippen LogP contribution in [-0.2, 0) is 12.0 Å². The lowest BCUT2D eigenvalue weighted by molar-refractivity contribution is 0.263. The Morgan fingerprint density at radius 2 is 2.04 bits per heavy atom. The average molecular weight is 364 g/mol. The molecule has 1 aliphatic heterocycles. The number of benzene rings is 2. The van der Waals surface area contributed by atoms with Crippen molar-refractivity contribution < 1.29 is 9.47 Å². The molecule has 2 aromatic rings. The summed E-state index contributed by atoms with van der Waals surface area (Å²) in [6.45, 7) is 7.43. The van der Waals surface area contributed by atoms with Crippen LogP contribution in [-0.4, -0.2) is 19.8 Å². The van der Waals surface area contributed by atoms with Gasteiger partial charge >= 0.3 is 0 Å². The minimum absolute atomic E-state index is 0.0622. The first-order valence-corrected chi connectivity index (χ1v) is 10.0. The van der Waals surface area contributed by atoms with Crippen molar-refractivity contribution in [2.24, 2.45) is 0 Å². The topological polar surface area (TPSA) is 30.5 Å². The molecule has 2 aliphatic rings. The molecule has 1 heterocycles. The fraction of sp³-hybridized carbons (Fsp3) is 0.417. The number of allylic oxidation sites excluding steroid dienone is 2. The van der Waals surface area contributed by atoms with Crippen molar-refractivity contribution in [2.45, 2.75) is 45.1 Å². The first-order valence-electron chi connectivity index (χ1n) is 10.0. The summed E-state index contributed by atoms with van der Waals surface area (Å²) < 4.78 is 11.9. The lowest BCUT2D eigenvalue weighted by Crippen LogP contribution is -2.20. The Balaban J connectivity index is 1.27. The van der Waals surface area contributed by atoms with Crippen molar-refractivity contribution in [1.82, 2.24) is 5.32 Å². The molecule has 0 radical (unpaired) electrons. The number of hydrogen-bond donors (Lipinski definition) is 1. The second kappa shape index (κ2) is 7.77. The molecule has 0 saturated carbocycles. The van der Waals surface area contributed by atoms with Crippen LogP contribution in [0.4, 0.5) is 0 Å². The van der Waals surface area contributed by atoms with E-state index in [0.29, 0.717) is 13.2 Å². The quantitative estimate of drug-likeness (QED) is 0.695. The first kappa shape index (κ1) is 18.1. The maximum atomic E-state index is 5.99. The molecule has 0 aromatic heterocycles. The molecule has 4 rings (SSSR count). The maximum Gasteiger partial charge on any atom is 0.165 e. The zero-order valence-corrected chi connectivity index (χ0v) is 16.4. The lowest BCUT2D eigenvalue weighted by atomic mass is 9.87. The second-order valence-electron chi connectivity index (χ2n) is 8.15. The number of para-hydroxylation sites is 1. The number of ether oxygens (including phenoxy) is 2. The van der Waals surface area contributed by atoms with Crippen molar-refractivity contribution in [3.05, 3.63) is 65.2 Å². The van der Waals surface area contributed by atoms with Crippen molar-refractivity contribution in [3.63, 3.8) is 0 Å². The SMILES string of the molecule is CC1(C)COc2c(OCCNCc3cccc(C4=CCCC4)c3)cccc21. The van der Waals surface area contributed by atoms with E-state index in [1.807, 2.05) is 6.07 Å². The zero-order chi connectivity index (χ0) is 18.7. The van der Waals surface area contributed by atoms with E-state index < -0.39 is 0 Å². The van der Waals surface area contributed by atoms with Crippen LogP contribution in [0.2, 0.25) is 0 Å². The molecule has 0 unspecified atom stereocenters. The highest BCUT2D eigenvalue weighted by Gasteiger charge is 2.33. The molecule has 142 valence electrons. The van der Waals surface area contributed by atoms with E-state index in [1.54, 1.807) is 0 Å². The fourth-order valence-electron chi connectivity index (χ4n) is 3.92. The van der Waals surface area contributed by atoms with Crippen molar-refractivity contribution >= 4 is 5.57 Å². The van der Waals surface area contributed by atoms with Gasteiger partial charge in [0.2, 0.25) is 0 Å². The third-order valence-corrected chi connectivity index (χ3v) is 5.49. The number of rotatable bonds is 7. The van der Waals surface area contributed by atoms with Crippen LogP contribution in [0.1, 0.15) is 49.8 Å². The summed E-state index contributed by atoms with van der Waals surface area (Å²) in [6, 6.07) is 15.1. The number of fused-ring (bicyclic) bond motifs is 1. The van der Waals surface area contributed by atoms with E-state index in [0.717, 1.165) is 24.6 Å². The van der Waals surface area contributed by atoms with Gasteiger partial charge < -0.3 is 14.8 Å². The number of hydrogen-bond acceptors (Lipinski definition) is 3. The van der Waals surface area contributed by atoms with Crippen LogP contribution in [0.3, 0.4) is 0 Å². The normalized spacial score (nSPS) is 17.3. The predicted octanol–water partition coefficient (Wildman–Crippen LogP) is 5.09. The van der Waals surface area contributed by atoms with Crippen LogP contribution in [0.25, 0.3) is 5.57 Å². The Labute approximate surface area is 162 Å². The molecule has 1 N–H and O–H groups in total. The maximum absolute atomic E-state index is 5.99. The second-order valence-corrected chi connectivity index (χ2v) is 8.15. The molecule has 0 fully saturated rings.